The van der Waals surface area contributed by atoms with Crippen LogP contribution in [0, 0.1) is 5.92 Å². The minimum Gasteiger partial charge on any atom is -0.484 e. The normalized spacial score (nSPS) is 11.3. The molecular weight excluding hydrogens is 460 g/mol. The van der Waals surface area contributed by atoms with Crippen molar-refractivity contribution >= 4 is 11.8 Å². The van der Waals surface area contributed by atoms with Gasteiger partial charge in [-0.25, -0.2) is 9.98 Å². The third-order valence-electron chi connectivity index (χ3n) is 6.02. The third-order valence-corrected chi connectivity index (χ3v) is 6.02. The van der Waals surface area contributed by atoms with Gasteiger partial charge in [-0.05, 0) is 30.4 Å². The minimum absolute atomic E-state index is 0.0334. The molecule has 0 spiro atoms. The van der Waals surface area contributed by atoms with Gasteiger partial charge in [0.25, 0.3) is 5.56 Å². The molecule has 0 radical (unpaired) electrons. The summed E-state index contributed by atoms with van der Waals surface area (Å²) in [6.45, 7) is 14.0. The summed E-state index contributed by atoms with van der Waals surface area (Å²) in [6.07, 6.45) is 3.19. The van der Waals surface area contributed by atoms with Crippen LogP contribution in [0.1, 0.15) is 75.9 Å². The SMILES string of the molecule is C=C(CC)N=C(OC)C(C)C.CCCc1c(CC)nc(N)n(C(c2ccccc2)c2ccccc2)c1=O. The van der Waals surface area contributed by atoms with Gasteiger partial charge in [0.05, 0.1) is 18.8 Å². The second-order valence-electron chi connectivity index (χ2n) is 9.13. The number of benzene rings is 2. The first-order valence-electron chi connectivity index (χ1n) is 13.1. The minimum atomic E-state index is -0.293. The van der Waals surface area contributed by atoms with Gasteiger partial charge in [-0.15, -0.1) is 0 Å². The van der Waals surface area contributed by atoms with Gasteiger partial charge in [0.15, 0.2) is 5.90 Å². The number of nitrogen functional groups attached to an aromatic ring is 1. The van der Waals surface area contributed by atoms with Gasteiger partial charge in [-0.1, -0.05) is 108 Å². The summed E-state index contributed by atoms with van der Waals surface area (Å²) in [5.41, 5.74) is 10.7. The van der Waals surface area contributed by atoms with Crippen molar-refractivity contribution < 1.29 is 4.74 Å². The fraction of sp³-hybridized carbons (Fsp3) is 0.387. The number of ether oxygens (including phenoxy) is 1. The number of nitrogens with zero attached hydrogens (tertiary/aromatic N) is 3. The summed E-state index contributed by atoms with van der Waals surface area (Å²) in [5.74, 6) is 1.37. The first kappa shape index (κ1) is 29.6. The van der Waals surface area contributed by atoms with Gasteiger partial charge in [0, 0.05) is 17.2 Å². The second kappa shape index (κ2) is 14.8. The van der Waals surface area contributed by atoms with E-state index < -0.39 is 0 Å². The molecule has 0 amide bonds. The summed E-state index contributed by atoms with van der Waals surface area (Å²) in [4.78, 5) is 22.2. The number of nitrogens with two attached hydrogens (primary N) is 1. The van der Waals surface area contributed by atoms with Gasteiger partial charge in [-0.3, -0.25) is 9.36 Å². The Morgan fingerprint density at radius 1 is 1.03 bits per heavy atom. The molecule has 0 saturated carbocycles. The van der Waals surface area contributed by atoms with E-state index in [1.54, 1.807) is 11.7 Å². The summed E-state index contributed by atoms with van der Waals surface area (Å²) in [5, 5.41) is 0. The van der Waals surface area contributed by atoms with Crippen LogP contribution in [0.5, 0.6) is 0 Å². The first-order valence-corrected chi connectivity index (χ1v) is 13.1. The van der Waals surface area contributed by atoms with Gasteiger partial charge >= 0.3 is 0 Å². The van der Waals surface area contributed by atoms with Crippen molar-refractivity contribution in [1.82, 2.24) is 9.55 Å². The molecule has 3 aromatic rings. The van der Waals surface area contributed by atoms with Crippen LogP contribution in [0.3, 0.4) is 0 Å². The van der Waals surface area contributed by atoms with Crippen molar-refractivity contribution in [3.05, 3.63) is 106 Å². The number of hydrogen-bond acceptors (Lipinski definition) is 5. The van der Waals surface area contributed by atoms with Gasteiger partial charge in [-0.2, -0.15) is 0 Å². The molecule has 0 saturated heterocycles. The van der Waals surface area contributed by atoms with Crippen molar-refractivity contribution in [3.63, 3.8) is 0 Å². The number of allylic oxidation sites excluding steroid dienone is 1. The lowest BCUT2D eigenvalue weighted by atomic mass is 9.97. The number of aromatic nitrogens is 2. The van der Waals surface area contributed by atoms with Crippen LogP contribution in [-0.4, -0.2) is 22.6 Å². The van der Waals surface area contributed by atoms with E-state index in [0.717, 1.165) is 46.8 Å². The molecule has 0 unspecified atom stereocenters. The molecule has 3 rings (SSSR count). The summed E-state index contributed by atoms with van der Waals surface area (Å²) in [6, 6.07) is 19.7. The molecule has 198 valence electrons. The van der Waals surface area contributed by atoms with E-state index >= 15 is 0 Å². The molecule has 0 fully saturated rings. The molecule has 2 aromatic carbocycles. The number of hydrogen-bond donors (Lipinski definition) is 1. The average molecular weight is 503 g/mol. The Labute approximate surface area is 221 Å². The van der Waals surface area contributed by atoms with Crippen LogP contribution in [0.4, 0.5) is 5.95 Å². The van der Waals surface area contributed by atoms with E-state index in [0.29, 0.717) is 18.8 Å². The van der Waals surface area contributed by atoms with Gasteiger partial charge in [0.1, 0.15) is 0 Å². The van der Waals surface area contributed by atoms with Crippen molar-refractivity contribution in [2.24, 2.45) is 10.9 Å². The molecule has 2 N–H and O–H groups in total. The van der Waals surface area contributed by atoms with E-state index in [1.165, 1.54) is 0 Å². The maximum absolute atomic E-state index is 13.4. The molecule has 1 aromatic heterocycles. The Bertz CT molecular complexity index is 1180. The predicted octanol–water partition coefficient (Wildman–Crippen LogP) is 6.59. The van der Waals surface area contributed by atoms with Crippen LogP contribution in [0.15, 0.2) is 82.7 Å². The highest BCUT2D eigenvalue weighted by Crippen LogP contribution is 2.27. The van der Waals surface area contributed by atoms with E-state index in [1.807, 2.05) is 88.4 Å². The standard InChI is InChI=1S/C22H25N3O.C9H17NO/c1-3-11-18-19(4-2)24-22(23)25(21(18)26)20(16-12-7-5-8-13-16)17-14-9-6-10-15-17;1-6-8(4)10-9(11-5)7(2)3/h5-10,12-15,20H,3-4,11H2,1-2H3,(H2,23,24);7H,4,6H2,1-3,5H3. The molecule has 0 aliphatic heterocycles. The Morgan fingerprint density at radius 2 is 1.57 bits per heavy atom. The maximum Gasteiger partial charge on any atom is 0.259 e. The Kier molecular flexibility index (Phi) is 11.8. The molecule has 0 atom stereocenters. The lowest BCUT2D eigenvalue weighted by molar-refractivity contribution is 0.374. The van der Waals surface area contributed by atoms with Crippen molar-refractivity contribution in [2.75, 3.05) is 12.8 Å². The molecule has 6 heteroatoms. The zero-order valence-corrected chi connectivity index (χ0v) is 23.2. The van der Waals surface area contributed by atoms with Crippen molar-refractivity contribution in [1.29, 1.82) is 0 Å². The van der Waals surface area contributed by atoms with Crippen LogP contribution >= 0.6 is 0 Å². The van der Waals surface area contributed by atoms with E-state index in [9.17, 15) is 4.79 Å². The van der Waals surface area contributed by atoms with Gasteiger partial charge < -0.3 is 10.5 Å². The summed E-state index contributed by atoms with van der Waals surface area (Å²) in [7, 11) is 1.64. The summed E-state index contributed by atoms with van der Waals surface area (Å²) < 4.78 is 6.72. The Hall–Kier alpha value is -3.67. The predicted molar refractivity (Wildman–Crippen MR) is 155 cm³/mol. The Morgan fingerprint density at radius 3 is 1.97 bits per heavy atom. The highest BCUT2D eigenvalue weighted by atomic mass is 16.5. The van der Waals surface area contributed by atoms with Crippen molar-refractivity contribution in [3.8, 4) is 0 Å². The van der Waals surface area contributed by atoms with Crippen LogP contribution in [-0.2, 0) is 17.6 Å². The fourth-order valence-electron chi connectivity index (χ4n) is 4.08. The van der Waals surface area contributed by atoms with E-state index in [4.69, 9.17) is 10.5 Å². The van der Waals surface area contributed by atoms with Gasteiger partial charge in [0.2, 0.25) is 5.95 Å². The topological polar surface area (TPSA) is 82.5 Å². The zero-order valence-electron chi connectivity index (χ0n) is 23.2. The highest BCUT2D eigenvalue weighted by Gasteiger charge is 2.23. The number of aliphatic imine (C=N–C) groups is 1. The molecule has 0 aliphatic carbocycles. The summed E-state index contributed by atoms with van der Waals surface area (Å²) >= 11 is 0. The number of rotatable bonds is 9. The fourth-order valence-corrected chi connectivity index (χ4v) is 4.08. The third kappa shape index (κ3) is 7.91. The highest BCUT2D eigenvalue weighted by molar-refractivity contribution is 5.78. The van der Waals surface area contributed by atoms with E-state index in [-0.39, 0.29) is 17.5 Å². The Balaban J connectivity index is 0.000000371. The van der Waals surface area contributed by atoms with Crippen LogP contribution in [0.2, 0.25) is 0 Å². The smallest absolute Gasteiger partial charge is 0.259 e. The number of methoxy groups -OCH3 is 1. The molecule has 0 bridgehead atoms. The molecule has 37 heavy (non-hydrogen) atoms. The first-order chi connectivity index (χ1) is 17.8. The molecular formula is C31H42N4O2. The average Bonchev–Trinajstić information content (AvgIpc) is 2.92. The number of anilines is 1. The van der Waals surface area contributed by atoms with Crippen LogP contribution in [0.25, 0.3) is 0 Å². The zero-order chi connectivity index (χ0) is 27.4. The number of aryl methyl sites for hydroxylation is 1. The van der Waals surface area contributed by atoms with E-state index in [2.05, 4.69) is 23.5 Å². The lowest BCUT2D eigenvalue weighted by Gasteiger charge is -2.24. The quantitative estimate of drug-likeness (QED) is 0.264. The largest absolute Gasteiger partial charge is 0.484 e. The molecule has 1 heterocycles. The second-order valence-corrected chi connectivity index (χ2v) is 9.13. The monoisotopic (exact) mass is 502 g/mol. The van der Waals surface area contributed by atoms with Crippen LogP contribution < -0.4 is 11.3 Å². The van der Waals surface area contributed by atoms with Crippen molar-refractivity contribution in [2.45, 2.75) is 66.3 Å². The maximum atomic E-state index is 13.4. The molecule has 0 aliphatic rings. The molecule has 6 nitrogen and oxygen atoms in total. The lowest BCUT2D eigenvalue weighted by Crippen LogP contribution is -2.33.